The Labute approximate surface area is 135 Å². The highest BCUT2D eigenvalue weighted by Gasteiger charge is 2.29. The van der Waals surface area contributed by atoms with Gasteiger partial charge in [-0.05, 0) is 60.3 Å². The van der Waals surface area contributed by atoms with Crippen molar-refractivity contribution in [1.82, 2.24) is 0 Å². The van der Waals surface area contributed by atoms with Crippen LogP contribution in [-0.2, 0) is 0 Å². The van der Waals surface area contributed by atoms with Crippen molar-refractivity contribution in [3.05, 3.63) is 0 Å². The van der Waals surface area contributed by atoms with Gasteiger partial charge in [0.1, 0.15) is 0 Å². The van der Waals surface area contributed by atoms with Crippen LogP contribution in [0.25, 0.3) is 0 Å². The van der Waals surface area contributed by atoms with E-state index in [1.165, 1.54) is 25.7 Å². The molecule has 0 aromatic heterocycles. The summed E-state index contributed by atoms with van der Waals surface area (Å²) in [5.74, 6) is 3.04. The van der Waals surface area contributed by atoms with E-state index in [-0.39, 0.29) is 0 Å². The maximum Gasteiger partial charge on any atom is -0.00486 e. The Morgan fingerprint density at radius 2 is 1.43 bits per heavy atom. The van der Waals surface area contributed by atoms with Gasteiger partial charge >= 0.3 is 0 Å². The summed E-state index contributed by atoms with van der Waals surface area (Å²) in [7, 11) is 0. The van der Waals surface area contributed by atoms with Crippen molar-refractivity contribution in [1.29, 1.82) is 0 Å². The third kappa shape index (κ3) is 8.24. The topological polar surface area (TPSA) is 26.0 Å². The number of hydrogen-bond donors (Lipinski definition) is 1. The third-order valence-corrected chi connectivity index (χ3v) is 5.61. The summed E-state index contributed by atoms with van der Waals surface area (Å²) in [5, 5.41) is 0. The minimum Gasteiger partial charge on any atom is -0.330 e. The zero-order chi connectivity index (χ0) is 16.8. The molecule has 0 aliphatic carbocycles. The molecule has 128 valence electrons. The summed E-state index contributed by atoms with van der Waals surface area (Å²) in [6.45, 7) is 22.2. The Bertz CT molecular complexity index is 272. The van der Waals surface area contributed by atoms with Crippen LogP contribution in [0, 0.1) is 34.5 Å². The van der Waals surface area contributed by atoms with Crippen LogP contribution in [0.1, 0.15) is 88.0 Å². The lowest BCUT2D eigenvalue weighted by Crippen LogP contribution is -2.29. The van der Waals surface area contributed by atoms with E-state index < -0.39 is 0 Å². The van der Waals surface area contributed by atoms with Gasteiger partial charge < -0.3 is 5.73 Å². The van der Waals surface area contributed by atoms with Crippen LogP contribution in [0.15, 0.2) is 0 Å². The molecule has 0 heterocycles. The number of nitrogens with two attached hydrogens (primary N) is 1. The molecule has 0 fully saturated rings. The highest BCUT2D eigenvalue weighted by molar-refractivity contribution is 4.80. The molecule has 0 radical (unpaired) electrons. The van der Waals surface area contributed by atoms with Crippen LogP contribution in [0.2, 0.25) is 0 Å². The second kappa shape index (κ2) is 8.56. The van der Waals surface area contributed by atoms with Crippen LogP contribution in [0.3, 0.4) is 0 Å². The van der Waals surface area contributed by atoms with Gasteiger partial charge in [0, 0.05) is 0 Å². The lowest BCUT2D eigenvalue weighted by atomic mass is 9.69. The lowest BCUT2D eigenvalue weighted by molar-refractivity contribution is 0.140. The fraction of sp³-hybridized carbons (Fsp3) is 1.00. The normalized spacial score (nSPS) is 17.9. The first-order valence-corrected chi connectivity index (χ1v) is 9.13. The fourth-order valence-corrected chi connectivity index (χ4v) is 3.59. The molecule has 0 aromatic rings. The van der Waals surface area contributed by atoms with Gasteiger partial charge in [0.2, 0.25) is 0 Å². The fourth-order valence-electron chi connectivity index (χ4n) is 3.59. The second-order valence-electron chi connectivity index (χ2n) is 9.60. The zero-order valence-corrected chi connectivity index (χ0v) is 16.4. The van der Waals surface area contributed by atoms with Crippen LogP contribution in [0.5, 0.6) is 0 Å². The van der Waals surface area contributed by atoms with E-state index in [9.17, 15) is 0 Å². The van der Waals surface area contributed by atoms with Crippen LogP contribution in [-0.4, -0.2) is 6.54 Å². The summed E-state index contributed by atoms with van der Waals surface area (Å²) < 4.78 is 0. The van der Waals surface area contributed by atoms with E-state index in [2.05, 4.69) is 62.3 Å². The van der Waals surface area contributed by atoms with E-state index in [0.29, 0.717) is 16.7 Å². The van der Waals surface area contributed by atoms with Gasteiger partial charge in [-0.15, -0.1) is 0 Å². The summed E-state index contributed by atoms with van der Waals surface area (Å²) in [6, 6.07) is 0. The first kappa shape index (κ1) is 21.0. The van der Waals surface area contributed by atoms with Crippen LogP contribution >= 0.6 is 0 Å². The second-order valence-corrected chi connectivity index (χ2v) is 9.60. The molecule has 0 saturated carbocycles. The van der Waals surface area contributed by atoms with Gasteiger partial charge in [-0.1, -0.05) is 68.7 Å². The van der Waals surface area contributed by atoms with Crippen molar-refractivity contribution in [3.8, 4) is 0 Å². The molecule has 21 heavy (non-hydrogen) atoms. The highest BCUT2D eigenvalue weighted by Crippen LogP contribution is 2.39. The molecule has 0 spiro atoms. The molecule has 0 saturated heterocycles. The minimum absolute atomic E-state index is 0.392. The quantitative estimate of drug-likeness (QED) is 0.545. The molecule has 3 atom stereocenters. The van der Waals surface area contributed by atoms with Crippen molar-refractivity contribution >= 4 is 0 Å². The smallest absolute Gasteiger partial charge is 0.00486 e. The van der Waals surface area contributed by atoms with E-state index >= 15 is 0 Å². The van der Waals surface area contributed by atoms with Gasteiger partial charge in [-0.3, -0.25) is 0 Å². The Morgan fingerprint density at radius 3 is 1.76 bits per heavy atom. The largest absolute Gasteiger partial charge is 0.330 e. The predicted molar refractivity (Wildman–Crippen MR) is 97.4 cm³/mol. The average Bonchev–Trinajstić information content (AvgIpc) is 2.31. The molecule has 2 N–H and O–H groups in total. The molecule has 0 bridgehead atoms. The van der Waals surface area contributed by atoms with E-state index in [1.54, 1.807) is 0 Å². The standard InChI is InChI=1S/C20H43N/c1-10-18(11-17(14-21)13-19(5,6)7)16(4)12-20(8,9)15(2)3/h15-18H,10-14,21H2,1-9H3. The predicted octanol–water partition coefficient (Wildman–Crippen LogP) is 6.12. The molecular weight excluding hydrogens is 254 g/mol. The van der Waals surface area contributed by atoms with Gasteiger partial charge in [-0.25, -0.2) is 0 Å². The Hall–Kier alpha value is -0.0400. The summed E-state index contributed by atoms with van der Waals surface area (Å²) >= 11 is 0. The summed E-state index contributed by atoms with van der Waals surface area (Å²) in [4.78, 5) is 0. The summed E-state index contributed by atoms with van der Waals surface area (Å²) in [5.41, 5.74) is 6.89. The van der Waals surface area contributed by atoms with Gasteiger partial charge in [0.05, 0.1) is 0 Å². The van der Waals surface area contributed by atoms with Gasteiger partial charge in [-0.2, -0.15) is 0 Å². The third-order valence-electron chi connectivity index (χ3n) is 5.61. The maximum absolute atomic E-state index is 6.06. The Balaban J connectivity index is 4.68. The average molecular weight is 298 g/mol. The molecule has 0 rings (SSSR count). The molecule has 0 amide bonds. The lowest BCUT2D eigenvalue weighted by Gasteiger charge is -2.37. The van der Waals surface area contributed by atoms with Crippen molar-refractivity contribution in [2.75, 3.05) is 6.54 Å². The zero-order valence-electron chi connectivity index (χ0n) is 16.4. The molecule has 1 heteroatoms. The minimum atomic E-state index is 0.392. The monoisotopic (exact) mass is 297 g/mol. The first-order valence-electron chi connectivity index (χ1n) is 9.13. The summed E-state index contributed by atoms with van der Waals surface area (Å²) in [6.07, 6.45) is 5.17. The molecule has 0 aliphatic rings. The van der Waals surface area contributed by atoms with Crippen molar-refractivity contribution < 1.29 is 0 Å². The first-order chi connectivity index (χ1) is 9.42. The van der Waals surface area contributed by atoms with Gasteiger partial charge in [0.25, 0.3) is 0 Å². The van der Waals surface area contributed by atoms with E-state index in [4.69, 9.17) is 5.73 Å². The van der Waals surface area contributed by atoms with Crippen molar-refractivity contribution in [3.63, 3.8) is 0 Å². The SMILES string of the molecule is CCC(CC(CN)CC(C)(C)C)C(C)CC(C)(C)C(C)C. The van der Waals surface area contributed by atoms with Crippen molar-refractivity contribution in [2.24, 2.45) is 40.2 Å². The maximum atomic E-state index is 6.06. The molecule has 0 aromatic carbocycles. The Morgan fingerprint density at radius 1 is 0.905 bits per heavy atom. The molecular formula is C20H43N. The van der Waals surface area contributed by atoms with Crippen molar-refractivity contribution in [2.45, 2.75) is 88.0 Å². The Kier molecular flexibility index (Phi) is 8.54. The number of hydrogen-bond acceptors (Lipinski definition) is 1. The van der Waals surface area contributed by atoms with Gasteiger partial charge in [0.15, 0.2) is 0 Å². The highest BCUT2D eigenvalue weighted by atomic mass is 14.6. The number of rotatable bonds is 9. The van der Waals surface area contributed by atoms with E-state index in [1.807, 2.05) is 0 Å². The molecule has 1 nitrogen and oxygen atoms in total. The molecule has 3 unspecified atom stereocenters. The molecule has 0 aliphatic heterocycles. The van der Waals surface area contributed by atoms with Crippen LogP contribution < -0.4 is 5.73 Å². The van der Waals surface area contributed by atoms with Crippen LogP contribution in [0.4, 0.5) is 0 Å². The van der Waals surface area contributed by atoms with E-state index in [0.717, 1.165) is 24.3 Å².